The van der Waals surface area contributed by atoms with Crippen molar-refractivity contribution in [3.8, 4) is 11.4 Å². The van der Waals surface area contributed by atoms with Gasteiger partial charge in [0.05, 0.1) is 5.52 Å². The Labute approximate surface area is 152 Å². The molecule has 0 unspecified atom stereocenters. The molecule has 0 spiro atoms. The Balaban J connectivity index is 1.89. The van der Waals surface area contributed by atoms with Gasteiger partial charge in [0.25, 0.3) is 0 Å². The zero-order chi connectivity index (χ0) is 17.9. The van der Waals surface area contributed by atoms with Crippen LogP contribution in [0.5, 0.6) is 0 Å². The molecule has 6 heteroatoms. The van der Waals surface area contributed by atoms with Crippen molar-refractivity contribution in [3.63, 3.8) is 0 Å². The standard InChI is InChI=1S/C20H22N6/c1-14-7-5-8-15(13-14)18-24-25-19-16-9-3-4-10-17(16)23-20(26(18)19)22-12-6-11-21-2/h3-5,7-10,13,21H,6,11-12H2,1-2H3,(H,22,23). The topological polar surface area (TPSA) is 67.1 Å². The van der Waals surface area contributed by atoms with Crippen LogP contribution in [-0.4, -0.2) is 39.7 Å². The minimum absolute atomic E-state index is 0.774. The SMILES string of the molecule is CNCCCNc1nc2ccccc2c2nnc(-c3cccc(C)c3)n12. The quantitative estimate of drug-likeness (QED) is 0.525. The molecule has 0 aliphatic rings. The third-order valence-corrected chi connectivity index (χ3v) is 4.41. The molecule has 0 aliphatic carbocycles. The summed E-state index contributed by atoms with van der Waals surface area (Å²) >= 11 is 0. The first-order chi connectivity index (χ1) is 12.8. The molecule has 0 aliphatic heterocycles. The zero-order valence-corrected chi connectivity index (χ0v) is 15.0. The Kier molecular flexibility index (Phi) is 4.50. The average molecular weight is 346 g/mol. The number of benzene rings is 2. The van der Waals surface area contributed by atoms with Crippen LogP contribution < -0.4 is 10.6 Å². The van der Waals surface area contributed by atoms with E-state index in [4.69, 9.17) is 4.98 Å². The molecule has 132 valence electrons. The molecule has 0 atom stereocenters. The minimum atomic E-state index is 0.774. The monoisotopic (exact) mass is 346 g/mol. The second kappa shape index (κ2) is 7.09. The van der Waals surface area contributed by atoms with Gasteiger partial charge in [0.2, 0.25) is 5.95 Å². The molecule has 2 heterocycles. The van der Waals surface area contributed by atoms with Crippen LogP contribution in [0.2, 0.25) is 0 Å². The maximum atomic E-state index is 4.83. The molecule has 4 aromatic rings. The van der Waals surface area contributed by atoms with Crippen LogP contribution in [-0.2, 0) is 0 Å². The van der Waals surface area contributed by atoms with Gasteiger partial charge in [-0.25, -0.2) is 9.38 Å². The van der Waals surface area contributed by atoms with Crippen LogP contribution in [0.15, 0.2) is 48.5 Å². The van der Waals surface area contributed by atoms with E-state index in [1.807, 2.05) is 41.8 Å². The average Bonchev–Trinajstić information content (AvgIpc) is 3.11. The summed E-state index contributed by atoms with van der Waals surface area (Å²) in [5.74, 6) is 1.58. The lowest BCUT2D eigenvalue weighted by atomic mass is 10.1. The van der Waals surface area contributed by atoms with E-state index in [1.54, 1.807) is 0 Å². The van der Waals surface area contributed by atoms with Gasteiger partial charge < -0.3 is 10.6 Å². The predicted molar refractivity (Wildman–Crippen MR) is 105 cm³/mol. The number of nitrogens with one attached hydrogen (secondary N) is 2. The van der Waals surface area contributed by atoms with E-state index in [0.29, 0.717) is 0 Å². The highest BCUT2D eigenvalue weighted by Crippen LogP contribution is 2.27. The van der Waals surface area contributed by atoms with Crippen molar-refractivity contribution in [2.75, 3.05) is 25.5 Å². The first kappa shape index (κ1) is 16.5. The third kappa shape index (κ3) is 2.99. The normalized spacial score (nSPS) is 11.3. The summed E-state index contributed by atoms with van der Waals surface area (Å²) in [6.07, 6.45) is 1.01. The van der Waals surface area contributed by atoms with E-state index in [1.165, 1.54) is 5.56 Å². The number of aromatic nitrogens is 4. The number of para-hydroxylation sites is 1. The van der Waals surface area contributed by atoms with Gasteiger partial charge in [0.15, 0.2) is 11.5 Å². The van der Waals surface area contributed by atoms with Gasteiger partial charge in [0.1, 0.15) is 0 Å². The molecule has 2 aromatic heterocycles. The van der Waals surface area contributed by atoms with Crippen molar-refractivity contribution in [1.82, 2.24) is 24.9 Å². The van der Waals surface area contributed by atoms with Gasteiger partial charge in [-0.3, -0.25) is 0 Å². The first-order valence-electron chi connectivity index (χ1n) is 8.87. The summed E-state index contributed by atoms with van der Waals surface area (Å²) in [4.78, 5) is 4.83. The second-order valence-corrected chi connectivity index (χ2v) is 6.39. The molecule has 0 saturated heterocycles. The molecule has 0 radical (unpaired) electrons. The Bertz CT molecular complexity index is 1050. The van der Waals surface area contributed by atoms with E-state index < -0.39 is 0 Å². The summed E-state index contributed by atoms with van der Waals surface area (Å²) in [5.41, 5.74) is 3.96. The molecule has 0 amide bonds. The van der Waals surface area contributed by atoms with Gasteiger partial charge in [-0.15, -0.1) is 10.2 Å². The Morgan fingerprint density at radius 1 is 1.00 bits per heavy atom. The molecule has 0 saturated carbocycles. The minimum Gasteiger partial charge on any atom is -0.355 e. The van der Waals surface area contributed by atoms with E-state index in [0.717, 1.165) is 53.4 Å². The van der Waals surface area contributed by atoms with Crippen molar-refractivity contribution in [2.24, 2.45) is 0 Å². The van der Waals surface area contributed by atoms with E-state index in [2.05, 4.69) is 46.0 Å². The van der Waals surface area contributed by atoms with Gasteiger partial charge in [-0.2, -0.15) is 0 Å². The molecule has 0 fully saturated rings. The maximum absolute atomic E-state index is 4.83. The third-order valence-electron chi connectivity index (χ3n) is 4.41. The molecule has 4 rings (SSSR count). The number of fused-ring (bicyclic) bond motifs is 3. The summed E-state index contributed by atoms with van der Waals surface area (Å²) < 4.78 is 2.02. The highest BCUT2D eigenvalue weighted by atomic mass is 15.3. The highest BCUT2D eigenvalue weighted by molar-refractivity contribution is 5.93. The van der Waals surface area contributed by atoms with E-state index in [9.17, 15) is 0 Å². The maximum Gasteiger partial charge on any atom is 0.211 e. The lowest BCUT2D eigenvalue weighted by molar-refractivity contribution is 0.744. The molecule has 2 N–H and O–H groups in total. The second-order valence-electron chi connectivity index (χ2n) is 6.39. The van der Waals surface area contributed by atoms with Gasteiger partial charge in [-0.1, -0.05) is 35.9 Å². The fourth-order valence-corrected chi connectivity index (χ4v) is 3.14. The number of nitrogens with zero attached hydrogens (tertiary/aromatic N) is 4. The Morgan fingerprint density at radius 2 is 1.88 bits per heavy atom. The lowest BCUT2D eigenvalue weighted by Gasteiger charge is -2.11. The first-order valence-corrected chi connectivity index (χ1v) is 8.87. The Morgan fingerprint density at radius 3 is 2.73 bits per heavy atom. The predicted octanol–water partition coefficient (Wildman–Crippen LogP) is 3.27. The molecule has 6 nitrogen and oxygen atoms in total. The number of hydrogen-bond donors (Lipinski definition) is 2. The van der Waals surface area contributed by atoms with Gasteiger partial charge >= 0.3 is 0 Å². The summed E-state index contributed by atoms with van der Waals surface area (Å²) in [6.45, 7) is 3.86. The lowest BCUT2D eigenvalue weighted by Crippen LogP contribution is -2.15. The van der Waals surface area contributed by atoms with Crippen LogP contribution in [0.4, 0.5) is 5.95 Å². The fraction of sp³-hybridized carbons (Fsp3) is 0.250. The van der Waals surface area contributed by atoms with Crippen LogP contribution in [0.25, 0.3) is 27.9 Å². The number of rotatable bonds is 6. The number of hydrogen-bond acceptors (Lipinski definition) is 5. The zero-order valence-electron chi connectivity index (χ0n) is 15.0. The summed E-state index contributed by atoms with van der Waals surface area (Å²) in [6, 6.07) is 16.4. The number of aryl methyl sites for hydroxylation is 1. The number of anilines is 1. The van der Waals surface area contributed by atoms with Crippen molar-refractivity contribution in [3.05, 3.63) is 54.1 Å². The van der Waals surface area contributed by atoms with Gasteiger partial charge in [-0.05, 0) is 45.1 Å². The largest absolute Gasteiger partial charge is 0.355 e. The summed E-state index contributed by atoms with van der Waals surface area (Å²) in [7, 11) is 1.96. The molecule has 0 bridgehead atoms. The van der Waals surface area contributed by atoms with Gasteiger partial charge in [0, 0.05) is 17.5 Å². The van der Waals surface area contributed by atoms with Crippen molar-refractivity contribution in [2.45, 2.75) is 13.3 Å². The van der Waals surface area contributed by atoms with E-state index in [-0.39, 0.29) is 0 Å². The van der Waals surface area contributed by atoms with Crippen molar-refractivity contribution in [1.29, 1.82) is 0 Å². The van der Waals surface area contributed by atoms with Crippen molar-refractivity contribution < 1.29 is 0 Å². The van der Waals surface area contributed by atoms with Crippen LogP contribution in [0, 0.1) is 6.92 Å². The van der Waals surface area contributed by atoms with Crippen molar-refractivity contribution >= 4 is 22.5 Å². The molecule has 2 aromatic carbocycles. The smallest absolute Gasteiger partial charge is 0.211 e. The molecule has 26 heavy (non-hydrogen) atoms. The molecular formula is C20H22N6. The highest BCUT2D eigenvalue weighted by Gasteiger charge is 2.16. The Hall–Kier alpha value is -2.99. The van der Waals surface area contributed by atoms with Crippen LogP contribution in [0.1, 0.15) is 12.0 Å². The van der Waals surface area contributed by atoms with Crippen LogP contribution in [0.3, 0.4) is 0 Å². The summed E-state index contributed by atoms with van der Waals surface area (Å²) in [5, 5.41) is 16.6. The van der Waals surface area contributed by atoms with E-state index >= 15 is 0 Å². The fourth-order valence-electron chi connectivity index (χ4n) is 3.14. The van der Waals surface area contributed by atoms with Crippen LogP contribution >= 0.6 is 0 Å². The molecular weight excluding hydrogens is 324 g/mol.